The van der Waals surface area contributed by atoms with Crippen LogP contribution >= 0.6 is 0 Å². The molecular weight excluding hydrogens is 268 g/mol. The third-order valence-electron chi connectivity index (χ3n) is 2.96. The number of hydrogen-bond donors (Lipinski definition) is 1. The molecule has 1 aromatic carbocycles. The van der Waals surface area contributed by atoms with E-state index in [4.69, 9.17) is 4.74 Å². The molecule has 108 valence electrons. The Bertz CT molecular complexity index is 654. The highest BCUT2D eigenvalue weighted by atomic mass is 16.5. The molecular formula is C16H16N2O3. The summed E-state index contributed by atoms with van der Waals surface area (Å²) in [5, 5.41) is 9.20. The first kappa shape index (κ1) is 14.6. The van der Waals surface area contributed by atoms with Crippen molar-refractivity contribution < 1.29 is 14.6 Å². The van der Waals surface area contributed by atoms with E-state index >= 15 is 0 Å². The SMILES string of the molecule is CO/C=C(/C(=O)O)N(C)c1cccc(-c2ccccc2)n1. The molecule has 0 unspecified atom stereocenters. The Labute approximate surface area is 123 Å². The Morgan fingerprint density at radius 1 is 1.19 bits per heavy atom. The molecule has 0 bridgehead atoms. The summed E-state index contributed by atoms with van der Waals surface area (Å²) in [6.07, 6.45) is 1.18. The number of anilines is 1. The molecule has 0 spiro atoms. The number of aliphatic carboxylic acids is 1. The summed E-state index contributed by atoms with van der Waals surface area (Å²) < 4.78 is 4.81. The van der Waals surface area contributed by atoms with Crippen molar-refractivity contribution in [2.45, 2.75) is 0 Å². The van der Waals surface area contributed by atoms with Crippen molar-refractivity contribution in [1.29, 1.82) is 0 Å². The normalized spacial score (nSPS) is 11.0. The Morgan fingerprint density at radius 2 is 1.90 bits per heavy atom. The smallest absolute Gasteiger partial charge is 0.355 e. The first-order valence-electron chi connectivity index (χ1n) is 6.36. The van der Waals surface area contributed by atoms with Crippen LogP contribution in [0.15, 0.2) is 60.5 Å². The molecule has 21 heavy (non-hydrogen) atoms. The summed E-state index contributed by atoms with van der Waals surface area (Å²) in [5.41, 5.74) is 1.76. The molecule has 5 nitrogen and oxygen atoms in total. The van der Waals surface area contributed by atoms with E-state index in [-0.39, 0.29) is 5.70 Å². The van der Waals surface area contributed by atoms with Gasteiger partial charge in [-0.1, -0.05) is 36.4 Å². The highest BCUT2D eigenvalue weighted by molar-refractivity contribution is 5.90. The zero-order chi connectivity index (χ0) is 15.2. The number of nitrogens with zero attached hydrogens (tertiary/aromatic N) is 2. The van der Waals surface area contributed by atoms with Gasteiger partial charge in [0.2, 0.25) is 0 Å². The standard InChI is InChI=1S/C16H16N2O3/c1-18(14(11-21-2)16(19)20)15-10-6-9-13(17-15)12-7-4-3-5-8-12/h3-11H,1-2H3,(H,19,20)/b14-11-. The summed E-state index contributed by atoms with van der Waals surface area (Å²) in [5.74, 6) is -0.548. The van der Waals surface area contributed by atoms with Crippen LogP contribution in [0.2, 0.25) is 0 Å². The van der Waals surface area contributed by atoms with Gasteiger partial charge in [-0.2, -0.15) is 0 Å². The van der Waals surface area contributed by atoms with Crippen molar-refractivity contribution in [2.24, 2.45) is 0 Å². The van der Waals surface area contributed by atoms with E-state index in [1.165, 1.54) is 18.3 Å². The minimum atomic E-state index is -1.08. The van der Waals surface area contributed by atoms with E-state index in [1.54, 1.807) is 13.1 Å². The molecule has 0 aliphatic carbocycles. The van der Waals surface area contributed by atoms with Gasteiger partial charge in [0.15, 0.2) is 5.70 Å². The Kier molecular flexibility index (Phi) is 4.56. The fourth-order valence-electron chi connectivity index (χ4n) is 1.89. The van der Waals surface area contributed by atoms with Gasteiger partial charge in [0.25, 0.3) is 0 Å². The highest BCUT2D eigenvalue weighted by Crippen LogP contribution is 2.21. The van der Waals surface area contributed by atoms with Crippen LogP contribution in [0.4, 0.5) is 5.82 Å². The maximum atomic E-state index is 11.2. The summed E-state index contributed by atoms with van der Waals surface area (Å²) in [7, 11) is 3.04. The molecule has 0 amide bonds. The Hall–Kier alpha value is -2.82. The number of benzene rings is 1. The summed E-state index contributed by atoms with van der Waals surface area (Å²) in [6, 6.07) is 15.2. The Balaban J connectivity index is 2.37. The van der Waals surface area contributed by atoms with Crippen LogP contribution in [0.25, 0.3) is 11.3 Å². The van der Waals surface area contributed by atoms with Gasteiger partial charge in [-0.15, -0.1) is 0 Å². The van der Waals surface area contributed by atoms with Gasteiger partial charge in [-0.05, 0) is 12.1 Å². The van der Waals surface area contributed by atoms with Crippen molar-refractivity contribution in [1.82, 2.24) is 4.98 Å². The molecule has 0 aliphatic heterocycles. The van der Waals surface area contributed by atoms with Gasteiger partial charge < -0.3 is 14.7 Å². The number of ether oxygens (including phenoxy) is 1. The van der Waals surface area contributed by atoms with Gasteiger partial charge in [0, 0.05) is 12.6 Å². The minimum Gasteiger partial charge on any atom is -0.502 e. The monoisotopic (exact) mass is 284 g/mol. The van der Waals surface area contributed by atoms with Gasteiger partial charge in [0.05, 0.1) is 12.8 Å². The number of likely N-dealkylation sites (N-methyl/N-ethyl adjacent to an activating group) is 1. The van der Waals surface area contributed by atoms with Gasteiger partial charge in [0.1, 0.15) is 12.1 Å². The van der Waals surface area contributed by atoms with E-state index in [1.807, 2.05) is 42.5 Å². The Morgan fingerprint density at radius 3 is 2.52 bits per heavy atom. The average molecular weight is 284 g/mol. The van der Waals surface area contributed by atoms with Crippen LogP contribution in [-0.4, -0.2) is 30.2 Å². The maximum absolute atomic E-state index is 11.2. The number of rotatable bonds is 5. The van der Waals surface area contributed by atoms with Crippen molar-refractivity contribution in [3.63, 3.8) is 0 Å². The van der Waals surface area contributed by atoms with Crippen LogP contribution in [-0.2, 0) is 9.53 Å². The summed E-state index contributed by atoms with van der Waals surface area (Å²) in [6.45, 7) is 0. The molecule has 0 fully saturated rings. The van der Waals surface area contributed by atoms with E-state index in [2.05, 4.69) is 4.98 Å². The lowest BCUT2D eigenvalue weighted by molar-refractivity contribution is -0.132. The fraction of sp³-hybridized carbons (Fsp3) is 0.125. The minimum absolute atomic E-state index is 0.00946. The number of hydrogen-bond acceptors (Lipinski definition) is 4. The molecule has 1 heterocycles. The summed E-state index contributed by atoms with van der Waals surface area (Å²) >= 11 is 0. The highest BCUT2D eigenvalue weighted by Gasteiger charge is 2.16. The second kappa shape index (κ2) is 6.56. The molecule has 0 radical (unpaired) electrons. The molecule has 2 aromatic rings. The van der Waals surface area contributed by atoms with Crippen molar-refractivity contribution >= 4 is 11.8 Å². The third kappa shape index (κ3) is 3.39. The average Bonchev–Trinajstić information content (AvgIpc) is 2.52. The quantitative estimate of drug-likeness (QED) is 0.675. The molecule has 0 saturated heterocycles. The van der Waals surface area contributed by atoms with Crippen LogP contribution in [0, 0.1) is 0 Å². The first-order valence-corrected chi connectivity index (χ1v) is 6.36. The summed E-state index contributed by atoms with van der Waals surface area (Å²) in [4.78, 5) is 17.2. The topological polar surface area (TPSA) is 62.7 Å². The second-order valence-corrected chi connectivity index (χ2v) is 4.35. The second-order valence-electron chi connectivity index (χ2n) is 4.35. The lowest BCUT2D eigenvalue weighted by Gasteiger charge is -2.18. The van der Waals surface area contributed by atoms with Crippen molar-refractivity contribution in [3.05, 3.63) is 60.5 Å². The molecule has 2 rings (SSSR count). The third-order valence-corrected chi connectivity index (χ3v) is 2.96. The zero-order valence-electron chi connectivity index (χ0n) is 11.9. The van der Waals surface area contributed by atoms with Gasteiger partial charge >= 0.3 is 5.97 Å². The number of pyridine rings is 1. The van der Waals surface area contributed by atoms with Gasteiger partial charge in [-0.25, -0.2) is 9.78 Å². The van der Waals surface area contributed by atoms with Crippen LogP contribution < -0.4 is 4.90 Å². The van der Waals surface area contributed by atoms with E-state index in [9.17, 15) is 9.90 Å². The van der Waals surface area contributed by atoms with E-state index in [0.29, 0.717) is 5.82 Å². The first-order chi connectivity index (χ1) is 10.1. The predicted octanol–water partition coefficient (Wildman–Crippen LogP) is 2.76. The fourth-order valence-corrected chi connectivity index (χ4v) is 1.89. The van der Waals surface area contributed by atoms with Crippen LogP contribution in [0.5, 0.6) is 0 Å². The van der Waals surface area contributed by atoms with Crippen LogP contribution in [0.1, 0.15) is 0 Å². The molecule has 0 saturated carbocycles. The van der Waals surface area contributed by atoms with Gasteiger partial charge in [-0.3, -0.25) is 0 Å². The predicted molar refractivity (Wildman–Crippen MR) is 80.8 cm³/mol. The molecule has 0 aliphatic rings. The van der Waals surface area contributed by atoms with E-state index < -0.39 is 5.97 Å². The number of aromatic nitrogens is 1. The lowest BCUT2D eigenvalue weighted by atomic mass is 10.1. The van der Waals surface area contributed by atoms with E-state index in [0.717, 1.165) is 11.3 Å². The number of carbonyl (C=O) groups is 1. The molecule has 1 aromatic heterocycles. The maximum Gasteiger partial charge on any atom is 0.355 e. The van der Waals surface area contributed by atoms with Crippen LogP contribution in [0.3, 0.4) is 0 Å². The largest absolute Gasteiger partial charge is 0.502 e. The number of methoxy groups -OCH3 is 1. The zero-order valence-corrected chi connectivity index (χ0v) is 11.9. The molecule has 5 heteroatoms. The van der Waals surface area contributed by atoms with Crippen molar-refractivity contribution in [3.8, 4) is 11.3 Å². The van der Waals surface area contributed by atoms with Crippen molar-refractivity contribution in [2.75, 3.05) is 19.1 Å². The number of carboxylic acids is 1. The number of carboxylic acid groups (broad SMARTS) is 1. The molecule has 0 atom stereocenters. The lowest BCUT2D eigenvalue weighted by Crippen LogP contribution is -2.24. The molecule has 1 N–H and O–H groups in total.